The molecule has 0 amide bonds. The average molecular weight is 231 g/mol. The molecule has 0 radical (unpaired) electrons. The first-order valence-electron chi connectivity index (χ1n) is 6.78. The summed E-state index contributed by atoms with van der Waals surface area (Å²) >= 11 is 0. The molecule has 1 atom stereocenters. The summed E-state index contributed by atoms with van der Waals surface area (Å²) in [5.74, 6) is 0. The molecule has 0 aliphatic heterocycles. The molecule has 1 aromatic carbocycles. The minimum absolute atomic E-state index is 0.368. The van der Waals surface area contributed by atoms with Gasteiger partial charge in [0.05, 0.1) is 0 Å². The molecular formula is C16H25N. The summed E-state index contributed by atoms with van der Waals surface area (Å²) in [6, 6.07) is 7.57. The van der Waals surface area contributed by atoms with E-state index in [0.29, 0.717) is 11.5 Å². The SMILES string of the molecule is CNC(CC(C)(C)C)c1ccc2c(c1)CCC2. The van der Waals surface area contributed by atoms with Crippen molar-refractivity contribution in [2.45, 2.75) is 52.5 Å². The van der Waals surface area contributed by atoms with Gasteiger partial charge in [0.25, 0.3) is 0 Å². The normalized spacial score (nSPS) is 16.9. The standard InChI is InChI=1S/C16H25N/c1-16(2,3)11-15(17-4)14-9-8-12-6-5-7-13(12)10-14/h8-10,15,17H,5-7,11H2,1-4H3. The van der Waals surface area contributed by atoms with E-state index in [1.165, 1.54) is 31.2 Å². The molecule has 0 saturated heterocycles. The lowest BCUT2D eigenvalue weighted by Gasteiger charge is -2.26. The Hall–Kier alpha value is -0.820. The van der Waals surface area contributed by atoms with Crippen LogP contribution in [0, 0.1) is 5.41 Å². The third kappa shape index (κ3) is 3.10. The van der Waals surface area contributed by atoms with Crippen molar-refractivity contribution in [3.8, 4) is 0 Å². The van der Waals surface area contributed by atoms with E-state index >= 15 is 0 Å². The molecule has 1 N–H and O–H groups in total. The minimum Gasteiger partial charge on any atom is -0.313 e. The lowest BCUT2D eigenvalue weighted by atomic mass is 9.85. The van der Waals surface area contributed by atoms with Gasteiger partial charge in [-0.2, -0.15) is 0 Å². The molecule has 1 unspecified atom stereocenters. The summed E-state index contributed by atoms with van der Waals surface area (Å²) in [7, 11) is 2.07. The van der Waals surface area contributed by atoms with E-state index in [2.05, 4.69) is 51.3 Å². The maximum Gasteiger partial charge on any atom is 0.0322 e. The molecule has 1 aliphatic rings. The molecule has 1 aromatic rings. The number of fused-ring (bicyclic) bond motifs is 1. The van der Waals surface area contributed by atoms with Gasteiger partial charge in [-0.1, -0.05) is 39.0 Å². The van der Waals surface area contributed by atoms with Crippen molar-refractivity contribution >= 4 is 0 Å². The molecule has 0 spiro atoms. The zero-order valence-corrected chi connectivity index (χ0v) is 11.6. The van der Waals surface area contributed by atoms with Crippen LogP contribution >= 0.6 is 0 Å². The third-order valence-electron chi connectivity index (χ3n) is 3.69. The monoisotopic (exact) mass is 231 g/mol. The first-order valence-corrected chi connectivity index (χ1v) is 6.78. The number of hydrogen-bond donors (Lipinski definition) is 1. The van der Waals surface area contributed by atoms with Crippen LogP contribution in [0.15, 0.2) is 18.2 Å². The van der Waals surface area contributed by atoms with Crippen LogP contribution in [0.5, 0.6) is 0 Å². The van der Waals surface area contributed by atoms with Gasteiger partial charge in [0.1, 0.15) is 0 Å². The molecule has 1 nitrogen and oxygen atoms in total. The fraction of sp³-hybridized carbons (Fsp3) is 0.625. The molecule has 0 heterocycles. The lowest BCUT2D eigenvalue weighted by molar-refractivity contribution is 0.320. The molecule has 2 rings (SSSR count). The van der Waals surface area contributed by atoms with Crippen LogP contribution in [0.25, 0.3) is 0 Å². The Kier molecular flexibility index (Phi) is 3.58. The first kappa shape index (κ1) is 12.6. The van der Waals surface area contributed by atoms with Crippen LogP contribution in [0.3, 0.4) is 0 Å². The summed E-state index contributed by atoms with van der Waals surface area (Å²) < 4.78 is 0. The maximum absolute atomic E-state index is 3.47. The predicted molar refractivity (Wildman–Crippen MR) is 74.3 cm³/mol. The van der Waals surface area contributed by atoms with E-state index in [9.17, 15) is 0 Å². The van der Waals surface area contributed by atoms with Crippen molar-refractivity contribution in [3.05, 3.63) is 34.9 Å². The fourth-order valence-electron chi connectivity index (χ4n) is 2.81. The van der Waals surface area contributed by atoms with Gasteiger partial charge >= 0.3 is 0 Å². The van der Waals surface area contributed by atoms with Crippen LogP contribution in [0.2, 0.25) is 0 Å². The number of benzene rings is 1. The van der Waals surface area contributed by atoms with Crippen molar-refractivity contribution in [1.82, 2.24) is 5.32 Å². The quantitative estimate of drug-likeness (QED) is 0.832. The van der Waals surface area contributed by atoms with Gasteiger partial charge in [-0.15, -0.1) is 0 Å². The molecular weight excluding hydrogens is 206 g/mol. The summed E-state index contributed by atoms with van der Waals surface area (Å²) in [5, 5.41) is 3.47. The molecule has 0 fully saturated rings. The second-order valence-corrected chi connectivity index (χ2v) is 6.49. The Balaban J connectivity index is 2.20. The van der Waals surface area contributed by atoms with Crippen molar-refractivity contribution < 1.29 is 0 Å². The third-order valence-corrected chi connectivity index (χ3v) is 3.69. The van der Waals surface area contributed by atoms with Crippen LogP contribution in [0.1, 0.15) is 56.3 Å². The van der Waals surface area contributed by atoms with E-state index in [4.69, 9.17) is 0 Å². The highest BCUT2D eigenvalue weighted by atomic mass is 14.9. The molecule has 0 saturated carbocycles. The summed E-state index contributed by atoms with van der Waals surface area (Å²) in [6.07, 6.45) is 5.07. The number of rotatable bonds is 3. The van der Waals surface area contributed by atoms with E-state index in [1.54, 1.807) is 11.1 Å². The number of hydrogen-bond acceptors (Lipinski definition) is 1. The molecule has 0 bridgehead atoms. The second kappa shape index (κ2) is 4.81. The van der Waals surface area contributed by atoms with Crippen LogP contribution in [-0.4, -0.2) is 7.05 Å². The molecule has 1 aliphatic carbocycles. The van der Waals surface area contributed by atoms with Gasteiger partial charge in [0.2, 0.25) is 0 Å². The average Bonchev–Trinajstić information content (AvgIpc) is 2.71. The summed E-state index contributed by atoms with van der Waals surface area (Å²) in [5.41, 5.74) is 4.98. The van der Waals surface area contributed by atoms with Crippen LogP contribution in [0.4, 0.5) is 0 Å². The Morgan fingerprint density at radius 2 is 1.88 bits per heavy atom. The fourth-order valence-corrected chi connectivity index (χ4v) is 2.81. The molecule has 94 valence electrons. The van der Waals surface area contributed by atoms with Gasteiger partial charge in [0, 0.05) is 6.04 Å². The minimum atomic E-state index is 0.368. The van der Waals surface area contributed by atoms with Crippen LogP contribution in [-0.2, 0) is 12.8 Å². The van der Waals surface area contributed by atoms with Crippen molar-refractivity contribution in [1.29, 1.82) is 0 Å². The zero-order chi connectivity index (χ0) is 12.5. The Morgan fingerprint density at radius 3 is 2.53 bits per heavy atom. The summed E-state index contributed by atoms with van der Waals surface area (Å²) in [4.78, 5) is 0. The predicted octanol–water partition coefficient (Wildman–Crippen LogP) is 3.87. The van der Waals surface area contributed by atoms with Gasteiger partial charge < -0.3 is 5.32 Å². The molecule has 17 heavy (non-hydrogen) atoms. The number of aryl methyl sites for hydroxylation is 2. The van der Waals surface area contributed by atoms with Crippen molar-refractivity contribution in [2.75, 3.05) is 7.05 Å². The molecule has 0 aromatic heterocycles. The van der Waals surface area contributed by atoms with Crippen molar-refractivity contribution in [2.24, 2.45) is 5.41 Å². The van der Waals surface area contributed by atoms with Gasteiger partial charge in [-0.25, -0.2) is 0 Å². The topological polar surface area (TPSA) is 12.0 Å². The number of nitrogens with one attached hydrogen (secondary N) is 1. The van der Waals surface area contributed by atoms with E-state index in [0.717, 1.165) is 0 Å². The highest BCUT2D eigenvalue weighted by Gasteiger charge is 2.20. The zero-order valence-electron chi connectivity index (χ0n) is 11.6. The highest BCUT2D eigenvalue weighted by Crippen LogP contribution is 2.31. The first-order chi connectivity index (χ1) is 7.99. The summed E-state index contributed by atoms with van der Waals surface area (Å²) in [6.45, 7) is 6.93. The Bertz CT molecular complexity index is 387. The largest absolute Gasteiger partial charge is 0.313 e. The lowest BCUT2D eigenvalue weighted by Crippen LogP contribution is -2.22. The van der Waals surface area contributed by atoms with E-state index in [-0.39, 0.29) is 0 Å². The Morgan fingerprint density at radius 1 is 1.18 bits per heavy atom. The van der Waals surface area contributed by atoms with Crippen molar-refractivity contribution in [3.63, 3.8) is 0 Å². The van der Waals surface area contributed by atoms with Gasteiger partial charge in [0.15, 0.2) is 0 Å². The van der Waals surface area contributed by atoms with E-state index in [1.807, 2.05) is 0 Å². The Labute approximate surface area is 106 Å². The van der Waals surface area contributed by atoms with Gasteiger partial charge in [-0.05, 0) is 54.8 Å². The maximum atomic E-state index is 3.47. The second-order valence-electron chi connectivity index (χ2n) is 6.49. The molecule has 1 heteroatoms. The smallest absolute Gasteiger partial charge is 0.0322 e. The van der Waals surface area contributed by atoms with Gasteiger partial charge in [-0.3, -0.25) is 0 Å². The van der Waals surface area contributed by atoms with Crippen LogP contribution < -0.4 is 5.32 Å². The van der Waals surface area contributed by atoms with E-state index < -0.39 is 0 Å². The highest BCUT2D eigenvalue weighted by molar-refractivity contribution is 5.36.